The van der Waals surface area contributed by atoms with Crippen molar-refractivity contribution in [2.45, 2.75) is 13.3 Å². The first-order chi connectivity index (χ1) is 8.74. The first-order valence-corrected chi connectivity index (χ1v) is 6.46. The number of para-hydroxylation sites is 1. The van der Waals surface area contributed by atoms with Crippen LogP contribution in [0.2, 0.25) is 0 Å². The van der Waals surface area contributed by atoms with Gasteiger partial charge < -0.3 is 4.74 Å². The highest BCUT2D eigenvalue weighted by molar-refractivity contribution is 7.80. The standard InChI is InChI=1S/C14H16N2OS/c1-10-9-12(16-14(15-10)7-8-18)11-5-3-4-6-13(11)17-2/h3-6,9,18H,7-8H2,1-2H3. The van der Waals surface area contributed by atoms with E-state index in [4.69, 9.17) is 4.74 Å². The summed E-state index contributed by atoms with van der Waals surface area (Å²) in [5.74, 6) is 2.40. The minimum Gasteiger partial charge on any atom is -0.496 e. The van der Waals surface area contributed by atoms with Gasteiger partial charge in [0.2, 0.25) is 0 Å². The van der Waals surface area contributed by atoms with Crippen LogP contribution in [0.5, 0.6) is 5.75 Å². The third-order valence-corrected chi connectivity index (χ3v) is 2.84. The van der Waals surface area contributed by atoms with Crippen molar-refractivity contribution in [3.05, 3.63) is 41.9 Å². The van der Waals surface area contributed by atoms with E-state index in [-0.39, 0.29) is 0 Å². The fourth-order valence-corrected chi connectivity index (χ4v) is 2.04. The molecule has 0 amide bonds. The van der Waals surface area contributed by atoms with E-state index in [2.05, 4.69) is 22.6 Å². The van der Waals surface area contributed by atoms with Gasteiger partial charge in [-0.2, -0.15) is 12.6 Å². The molecule has 0 spiro atoms. The van der Waals surface area contributed by atoms with Crippen LogP contribution in [0.4, 0.5) is 0 Å². The van der Waals surface area contributed by atoms with E-state index >= 15 is 0 Å². The molecule has 2 aromatic rings. The lowest BCUT2D eigenvalue weighted by atomic mass is 10.1. The van der Waals surface area contributed by atoms with Crippen molar-refractivity contribution in [2.24, 2.45) is 0 Å². The lowest BCUT2D eigenvalue weighted by Gasteiger charge is -2.09. The van der Waals surface area contributed by atoms with Gasteiger partial charge in [0.15, 0.2) is 0 Å². The van der Waals surface area contributed by atoms with E-state index in [1.807, 2.05) is 37.3 Å². The molecule has 1 aromatic heterocycles. The molecule has 0 saturated carbocycles. The molecule has 0 aliphatic rings. The molecule has 0 aliphatic carbocycles. The lowest BCUT2D eigenvalue weighted by Crippen LogP contribution is -2.00. The molecule has 0 unspecified atom stereocenters. The summed E-state index contributed by atoms with van der Waals surface area (Å²) >= 11 is 4.22. The van der Waals surface area contributed by atoms with Crippen molar-refractivity contribution in [3.63, 3.8) is 0 Å². The first kappa shape index (κ1) is 12.9. The Kier molecular flexibility index (Phi) is 4.20. The molecule has 0 N–H and O–H groups in total. The van der Waals surface area contributed by atoms with Gasteiger partial charge in [-0.25, -0.2) is 9.97 Å². The minimum absolute atomic E-state index is 0.745. The monoisotopic (exact) mass is 260 g/mol. The number of aromatic nitrogens is 2. The van der Waals surface area contributed by atoms with Crippen LogP contribution in [-0.4, -0.2) is 22.8 Å². The van der Waals surface area contributed by atoms with Crippen molar-refractivity contribution in [2.75, 3.05) is 12.9 Å². The van der Waals surface area contributed by atoms with Gasteiger partial charge in [-0.05, 0) is 30.9 Å². The second-order valence-electron chi connectivity index (χ2n) is 3.98. The van der Waals surface area contributed by atoms with Crippen LogP contribution >= 0.6 is 12.6 Å². The van der Waals surface area contributed by atoms with Gasteiger partial charge in [-0.15, -0.1) is 0 Å². The number of methoxy groups -OCH3 is 1. The minimum atomic E-state index is 0.745. The van der Waals surface area contributed by atoms with E-state index < -0.39 is 0 Å². The number of hydrogen-bond donors (Lipinski definition) is 1. The Morgan fingerprint density at radius 1 is 1.22 bits per heavy atom. The molecule has 18 heavy (non-hydrogen) atoms. The molecule has 0 aliphatic heterocycles. The Bertz CT molecular complexity index is 543. The summed E-state index contributed by atoms with van der Waals surface area (Å²) in [4.78, 5) is 8.97. The Morgan fingerprint density at radius 2 is 2.00 bits per heavy atom. The van der Waals surface area contributed by atoms with Crippen molar-refractivity contribution in [3.8, 4) is 17.0 Å². The fourth-order valence-electron chi connectivity index (χ4n) is 1.84. The predicted molar refractivity (Wildman–Crippen MR) is 76.3 cm³/mol. The van der Waals surface area contributed by atoms with Crippen molar-refractivity contribution in [1.29, 1.82) is 0 Å². The van der Waals surface area contributed by atoms with Crippen LogP contribution in [0.1, 0.15) is 11.5 Å². The SMILES string of the molecule is COc1ccccc1-c1cc(C)nc(CCS)n1. The Balaban J connectivity index is 2.49. The summed E-state index contributed by atoms with van der Waals surface area (Å²) in [7, 11) is 1.67. The molecular formula is C14H16N2OS. The molecule has 0 saturated heterocycles. The Hall–Kier alpha value is -1.55. The smallest absolute Gasteiger partial charge is 0.130 e. The zero-order valence-corrected chi connectivity index (χ0v) is 11.4. The molecule has 2 rings (SSSR count). The van der Waals surface area contributed by atoms with Gasteiger partial charge in [0.05, 0.1) is 12.8 Å². The van der Waals surface area contributed by atoms with Gasteiger partial charge >= 0.3 is 0 Å². The summed E-state index contributed by atoms with van der Waals surface area (Å²) < 4.78 is 5.36. The molecule has 4 heteroatoms. The number of aryl methyl sites for hydroxylation is 2. The first-order valence-electron chi connectivity index (χ1n) is 5.83. The topological polar surface area (TPSA) is 35.0 Å². The Morgan fingerprint density at radius 3 is 2.72 bits per heavy atom. The molecule has 0 bridgehead atoms. The third-order valence-electron chi connectivity index (χ3n) is 2.62. The lowest BCUT2D eigenvalue weighted by molar-refractivity contribution is 0.416. The molecule has 0 radical (unpaired) electrons. The highest BCUT2D eigenvalue weighted by Crippen LogP contribution is 2.28. The highest BCUT2D eigenvalue weighted by Gasteiger charge is 2.08. The number of thiol groups is 1. The fraction of sp³-hybridized carbons (Fsp3) is 0.286. The van der Waals surface area contributed by atoms with Crippen molar-refractivity contribution in [1.82, 2.24) is 9.97 Å². The average molecular weight is 260 g/mol. The molecule has 1 aromatic carbocycles. The molecular weight excluding hydrogens is 244 g/mol. The van der Waals surface area contributed by atoms with E-state index in [1.165, 1.54) is 0 Å². The number of rotatable bonds is 4. The maximum Gasteiger partial charge on any atom is 0.130 e. The zero-order valence-electron chi connectivity index (χ0n) is 10.6. The van der Waals surface area contributed by atoms with Gasteiger partial charge in [0, 0.05) is 17.7 Å². The van der Waals surface area contributed by atoms with Gasteiger partial charge in [-0.1, -0.05) is 12.1 Å². The normalized spacial score (nSPS) is 10.4. The summed E-state index contributed by atoms with van der Waals surface area (Å²) in [5, 5.41) is 0. The molecule has 94 valence electrons. The number of hydrogen-bond acceptors (Lipinski definition) is 4. The Labute approximate surface area is 113 Å². The molecule has 0 fully saturated rings. The van der Waals surface area contributed by atoms with Gasteiger partial charge in [0.25, 0.3) is 0 Å². The zero-order chi connectivity index (χ0) is 13.0. The van der Waals surface area contributed by atoms with Crippen LogP contribution in [0.25, 0.3) is 11.3 Å². The van der Waals surface area contributed by atoms with E-state index in [1.54, 1.807) is 7.11 Å². The predicted octanol–water partition coefficient (Wildman–Crippen LogP) is 2.93. The van der Waals surface area contributed by atoms with Gasteiger partial charge in [0.1, 0.15) is 11.6 Å². The summed E-state index contributed by atoms with van der Waals surface area (Å²) in [5.41, 5.74) is 2.85. The van der Waals surface area contributed by atoms with Crippen LogP contribution in [-0.2, 0) is 6.42 Å². The molecule has 1 heterocycles. The molecule has 3 nitrogen and oxygen atoms in total. The van der Waals surface area contributed by atoms with Crippen molar-refractivity contribution >= 4 is 12.6 Å². The quantitative estimate of drug-likeness (QED) is 0.858. The van der Waals surface area contributed by atoms with Crippen LogP contribution in [0, 0.1) is 6.92 Å². The second kappa shape index (κ2) is 5.87. The summed E-state index contributed by atoms with van der Waals surface area (Å²) in [6.07, 6.45) is 0.771. The number of ether oxygens (including phenoxy) is 1. The van der Waals surface area contributed by atoms with Crippen LogP contribution in [0.15, 0.2) is 30.3 Å². The van der Waals surface area contributed by atoms with Crippen molar-refractivity contribution < 1.29 is 4.74 Å². The van der Waals surface area contributed by atoms with Gasteiger partial charge in [-0.3, -0.25) is 0 Å². The van der Waals surface area contributed by atoms with E-state index in [0.717, 1.165) is 40.7 Å². The number of nitrogens with zero attached hydrogens (tertiary/aromatic N) is 2. The maximum atomic E-state index is 5.36. The largest absolute Gasteiger partial charge is 0.496 e. The second-order valence-corrected chi connectivity index (χ2v) is 4.43. The van der Waals surface area contributed by atoms with Crippen LogP contribution < -0.4 is 4.74 Å². The third kappa shape index (κ3) is 2.82. The summed E-state index contributed by atoms with van der Waals surface area (Å²) in [6.45, 7) is 1.97. The van der Waals surface area contributed by atoms with E-state index in [9.17, 15) is 0 Å². The average Bonchev–Trinajstić information content (AvgIpc) is 2.38. The molecule has 0 atom stereocenters. The summed E-state index contributed by atoms with van der Waals surface area (Å²) in [6, 6.07) is 9.84. The maximum absolute atomic E-state index is 5.36. The number of benzene rings is 1. The highest BCUT2D eigenvalue weighted by atomic mass is 32.1. The van der Waals surface area contributed by atoms with Crippen LogP contribution in [0.3, 0.4) is 0 Å². The van der Waals surface area contributed by atoms with E-state index in [0.29, 0.717) is 0 Å².